The molecule has 14 nitrogen and oxygen atoms in total. The summed E-state index contributed by atoms with van der Waals surface area (Å²) in [6.07, 6.45) is -2.49. The van der Waals surface area contributed by atoms with Gasteiger partial charge in [0.15, 0.2) is 0 Å². The van der Waals surface area contributed by atoms with E-state index >= 15 is 0 Å². The minimum Gasteiger partial charge on any atom is -0.508 e. The van der Waals surface area contributed by atoms with Gasteiger partial charge in [-0.15, -0.1) is 0 Å². The quantitative estimate of drug-likeness (QED) is 0.125. The number of amides is 3. The standard InChI is InChI=1S/C27H34N4O10/c1-14(32)23(28)26(39)30-20(12-15-2-6-17(33)7-3-15)25(38)29-19(10-11-22(35)36)24(37)31-21(27(40)41)13-16-4-8-18(34)9-5-16/h2-9,14,19-21,23,32-34H,10-13,28H2,1H3,(H,29,38)(H,30,39)(H,31,37)(H,35,36)(H,40,41). The van der Waals surface area contributed by atoms with Crippen molar-refractivity contribution in [3.63, 3.8) is 0 Å². The summed E-state index contributed by atoms with van der Waals surface area (Å²) in [5.41, 5.74) is 6.66. The van der Waals surface area contributed by atoms with Gasteiger partial charge in [0.2, 0.25) is 17.7 Å². The summed E-state index contributed by atoms with van der Waals surface area (Å²) in [5, 5.41) is 54.5. The highest BCUT2D eigenvalue weighted by atomic mass is 16.4. The fraction of sp³-hybridized carbons (Fsp3) is 0.370. The van der Waals surface area contributed by atoms with E-state index in [9.17, 15) is 44.4 Å². The van der Waals surface area contributed by atoms with Gasteiger partial charge in [-0.3, -0.25) is 19.2 Å². The molecule has 0 aliphatic rings. The van der Waals surface area contributed by atoms with Crippen LogP contribution in [0.5, 0.6) is 11.5 Å². The molecular formula is C27H34N4O10. The Labute approximate surface area is 235 Å². The maximum Gasteiger partial charge on any atom is 0.326 e. The number of carboxylic acids is 2. The molecule has 0 fully saturated rings. The lowest BCUT2D eigenvalue weighted by atomic mass is 10.0. The minimum absolute atomic E-state index is 0.0375. The van der Waals surface area contributed by atoms with Crippen LogP contribution in [-0.2, 0) is 36.8 Å². The third kappa shape index (κ3) is 10.8. The number of benzene rings is 2. The third-order valence-electron chi connectivity index (χ3n) is 6.10. The van der Waals surface area contributed by atoms with Crippen molar-refractivity contribution in [2.24, 2.45) is 5.73 Å². The summed E-state index contributed by atoms with van der Waals surface area (Å²) in [6, 6.07) is 5.65. The van der Waals surface area contributed by atoms with Crippen LogP contribution in [0.3, 0.4) is 0 Å². The van der Waals surface area contributed by atoms with Gasteiger partial charge in [0.05, 0.1) is 6.10 Å². The monoisotopic (exact) mass is 574 g/mol. The Morgan fingerprint density at radius 3 is 1.56 bits per heavy atom. The molecule has 10 N–H and O–H groups in total. The Morgan fingerprint density at radius 1 is 0.707 bits per heavy atom. The summed E-state index contributed by atoms with van der Waals surface area (Å²) >= 11 is 0. The third-order valence-corrected chi connectivity index (χ3v) is 6.10. The van der Waals surface area contributed by atoms with Crippen molar-refractivity contribution in [2.75, 3.05) is 0 Å². The Kier molecular flexibility index (Phi) is 12.0. The molecule has 3 amide bonds. The number of phenolic OH excluding ortho intramolecular Hbond substituents is 2. The highest BCUT2D eigenvalue weighted by Gasteiger charge is 2.31. The number of phenols is 2. The van der Waals surface area contributed by atoms with E-state index in [1.165, 1.54) is 55.5 Å². The van der Waals surface area contributed by atoms with Crippen molar-refractivity contribution < 1.29 is 49.5 Å². The lowest BCUT2D eigenvalue weighted by molar-refractivity contribution is -0.143. The van der Waals surface area contributed by atoms with Crippen molar-refractivity contribution in [3.05, 3.63) is 59.7 Å². The van der Waals surface area contributed by atoms with Crippen LogP contribution < -0.4 is 21.7 Å². The molecule has 0 aliphatic heterocycles. The normalized spacial score (nSPS) is 14.5. The smallest absolute Gasteiger partial charge is 0.326 e. The second-order valence-electron chi connectivity index (χ2n) is 9.46. The van der Waals surface area contributed by atoms with Crippen LogP contribution >= 0.6 is 0 Å². The molecule has 5 atom stereocenters. The van der Waals surface area contributed by atoms with Gasteiger partial charge in [0.1, 0.15) is 35.7 Å². The summed E-state index contributed by atoms with van der Waals surface area (Å²) < 4.78 is 0. The van der Waals surface area contributed by atoms with Gasteiger partial charge >= 0.3 is 11.9 Å². The molecule has 5 unspecified atom stereocenters. The molecule has 0 spiro atoms. The summed E-state index contributed by atoms with van der Waals surface area (Å²) in [7, 11) is 0. The van der Waals surface area contributed by atoms with Crippen LogP contribution in [0.15, 0.2) is 48.5 Å². The first-order valence-electron chi connectivity index (χ1n) is 12.6. The number of aliphatic hydroxyl groups is 1. The van der Waals surface area contributed by atoms with E-state index in [0.717, 1.165) is 0 Å². The van der Waals surface area contributed by atoms with Crippen molar-refractivity contribution in [1.29, 1.82) is 0 Å². The molecule has 2 rings (SSSR count). The summed E-state index contributed by atoms with van der Waals surface area (Å²) in [6.45, 7) is 1.28. The van der Waals surface area contributed by atoms with Gasteiger partial charge < -0.3 is 47.2 Å². The van der Waals surface area contributed by atoms with Gasteiger partial charge in [-0.1, -0.05) is 24.3 Å². The van der Waals surface area contributed by atoms with E-state index in [4.69, 9.17) is 10.8 Å². The molecule has 0 heterocycles. The number of nitrogens with two attached hydrogens (primary N) is 1. The zero-order chi connectivity index (χ0) is 30.7. The number of carboxylic acid groups (broad SMARTS) is 2. The zero-order valence-corrected chi connectivity index (χ0v) is 22.2. The molecule has 2 aromatic carbocycles. The number of nitrogens with one attached hydrogen (secondary N) is 3. The highest BCUT2D eigenvalue weighted by Crippen LogP contribution is 2.14. The van der Waals surface area contributed by atoms with Gasteiger partial charge in [0, 0.05) is 19.3 Å². The van der Waals surface area contributed by atoms with E-state index in [0.29, 0.717) is 11.1 Å². The SMILES string of the molecule is CC(O)C(N)C(=O)NC(Cc1ccc(O)cc1)C(=O)NC(CCC(=O)O)C(=O)NC(Cc1ccc(O)cc1)C(=O)O. The second-order valence-corrected chi connectivity index (χ2v) is 9.46. The fourth-order valence-electron chi connectivity index (χ4n) is 3.71. The number of aromatic hydroxyl groups is 2. The number of carbonyl (C=O) groups is 5. The number of hydrogen-bond donors (Lipinski definition) is 9. The number of aliphatic hydroxyl groups excluding tert-OH is 1. The average Bonchev–Trinajstić information content (AvgIpc) is 2.91. The van der Waals surface area contributed by atoms with Crippen molar-refractivity contribution in [2.45, 2.75) is 62.9 Å². The highest BCUT2D eigenvalue weighted by molar-refractivity contribution is 5.94. The topological polar surface area (TPSA) is 249 Å². The Balaban J connectivity index is 2.26. The number of hydrogen-bond acceptors (Lipinski definition) is 9. The van der Waals surface area contributed by atoms with Crippen molar-refractivity contribution in [3.8, 4) is 11.5 Å². The molecule has 0 radical (unpaired) electrons. The van der Waals surface area contributed by atoms with Crippen LogP contribution in [0, 0.1) is 0 Å². The van der Waals surface area contributed by atoms with E-state index < -0.39 is 72.8 Å². The van der Waals surface area contributed by atoms with Crippen LogP contribution in [-0.4, -0.2) is 85.5 Å². The second kappa shape index (κ2) is 15.2. The Hall–Kier alpha value is -4.69. The van der Waals surface area contributed by atoms with E-state index in [-0.39, 0.29) is 24.3 Å². The lowest BCUT2D eigenvalue weighted by Crippen LogP contribution is -2.58. The lowest BCUT2D eigenvalue weighted by Gasteiger charge is -2.25. The molecular weight excluding hydrogens is 540 g/mol. The van der Waals surface area contributed by atoms with Crippen LogP contribution in [0.1, 0.15) is 30.9 Å². The van der Waals surface area contributed by atoms with Crippen LogP contribution in [0.4, 0.5) is 0 Å². The van der Waals surface area contributed by atoms with Gasteiger partial charge in [0.25, 0.3) is 0 Å². The maximum atomic E-state index is 13.3. The fourth-order valence-corrected chi connectivity index (χ4v) is 3.71. The first kappa shape index (κ1) is 32.5. The minimum atomic E-state index is -1.50. The molecule has 0 bridgehead atoms. The van der Waals surface area contributed by atoms with Gasteiger partial charge in [-0.25, -0.2) is 4.79 Å². The molecule has 41 heavy (non-hydrogen) atoms. The summed E-state index contributed by atoms with van der Waals surface area (Å²) in [4.78, 5) is 62.0. The molecule has 0 aromatic heterocycles. The van der Waals surface area contributed by atoms with Crippen molar-refractivity contribution in [1.82, 2.24) is 16.0 Å². The Bertz CT molecular complexity index is 1220. The summed E-state index contributed by atoms with van der Waals surface area (Å²) in [5.74, 6) is -5.48. The maximum absolute atomic E-state index is 13.3. The number of aliphatic carboxylic acids is 2. The average molecular weight is 575 g/mol. The predicted octanol–water partition coefficient (Wildman–Crippen LogP) is -1.01. The van der Waals surface area contributed by atoms with Gasteiger partial charge in [-0.2, -0.15) is 0 Å². The number of carbonyl (C=O) groups excluding carboxylic acids is 3. The predicted molar refractivity (Wildman–Crippen MR) is 144 cm³/mol. The zero-order valence-electron chi connectivity index (χ0n) is 22.2. The van der Waals surface area contributed by atoms with E-state index in [1.807, 2.05) is 0 Å². The van der Waals surface area contributed by atoms with Crippen LogP contribution in [0.25, 0.3) is 0 Å². The molecule has 222 valence electrons. The van der Waals surface area contributed by atoms with Crippen molar-refractivity contribution >= 4 is 29.7 Å². The largest absolute Gasteiger partial charge is 0.508 e. The first-order chi connectivity index (χ1) is 19.3. The molecule has 2 aromatic rings. The molecule has 0 saturated heterocycles. The molecule has 14 heteroatoms. The van der Waals surface area contributed by atoms with E-state index in [2.05, 4.69) is 16.0 Å². The molecule has 0 aliphatic carbocycles. The van der Waals surface area contributed by atoms with Crippen LogP contribution in [0.2, 0.25) is 0 Å². The first-order valence-corrected chi connectivity index (χ1v) is 12.6. The Morgan fingerprint density at radius 2 is 1.12 bits per heavy atom. The molecule has 0 saturated carbocycles. The number of rotatable bonds is 15. The van der Waals surface area contributed by atoms with E-state index in [1.54, 1.807) is 0 Å². The van der Waals surface area contributed by atoms with Gasteiger partial charge in [-0.05, 0) is 48.7 Å².